The predicted octanol–water partition coefficient (Wildman–Crippen LogP) is 4.50. The molecule has 1 N–H and O–H groups in total. The minimum Gasteiger partial charge on any atom is -0.305 e. The van der Waals surface area contributed by atoms with E-state index in [0.717, 1.165) is 15.9 Å². The Morgan fingerprint density at radius 1 is 1.24 bits per heavy atom. The molecule has 0 aliphatic heterocycles. The molecule has 1 atom stereocenters. The third-order valence-corrected chi connectivity index (χ3v) is 4.35. The molecule has 0 aliphatic carbocycles. The van der Waals surface area contributed by atoms with Gasteiger partial charge in [-0.05, 0) is 52.7 Å². The first kappa shape index (κ1) is 12.7. The Labute approximate surface area is 113 Å². The van der Waals surface area contributed by atoms with Gasteiger partial charge < -0.3 is 5.32 Å². The van der Waals surface area contributed by atoms with Crippen LogP contribution in [0.5, 0.6) is 0 Å². The third kappa shape index (κ3) is 3.63. The second-order valence-corrected chi connectivity index (χ2v) is 6.37. The van der Waals surface area contributed by atoms with Gasteiger partial charge in [-0.15, -0.1) is 11.3 Å². The standard InChI is InChI=1S/C13H13BrFNS/c1-9(12-6-7-13(14)17-12)16-8-10-2-4-11(15)5-3-10/h2-7,9,16H,8H2,1H3. The van der Waals surface area contributed by atoms with Crippen LogP contribution in [0.4, 0.5) is 4.39 Å². The van der Waals surface area contributed by atoms with Crippen LogP contribution in [0.1, 0.15) is 23.4 Å². The van der Waals surface area contributed by atoms with Crippen molar-refractivity contribution in [1.29, 1.82) is 0 Å². The lowest BCUT2D eigenvalue weighted by atomic mass is 10.2. The lowest BCUT2D eigenvalue weighted by Gasteiger charge is -2.11. The smallest absolute Gasteiger partial charge is 0.123 e. The monoisotopic (exact) mass is 313 g/mol. The van der Waals surface area contributed by atoms with Gasteiger partial charge in [-0.25, -0.2) is 4.39 Å². The summed E-state index contributed by atoms with van der Waals surface area (Å²) in [5.74, 6) is -0.191. The van der Waals surface area contributed by atoms with E-state index in [1.54, 1.807) is 23.5 Å². The van der Waals surface area contributed by atoms with Gasteiger partial charge >= 0.3 is 0 Å². The van der Waals surface area contributed by atoms with Crippen molar-refractivity contribution in [3.63, 3.8) is 0 Å². The summed E-state index contributed by atoms with van der Waals surface area (Å²) in [5.41, 5.74) is 1.09. The van der Waals surface area contributed by atoms with E-state index < -0.39 is 0 Å². The van der Waals surface area contributed by atoms with E-state index in [-0.39, 0.29) is 5.82 Å². The van der Waals surface area contributed by atoms with E-state index in [1.165, 1.54) is 17.0 Å². The number of nitrogens with one attached hydrogen (secondary N) is 1. The normalized spacial score (nSPS) is 12.6. The van der Waals surface area contributed by atoms with Crippen molar-refractivity contribution in [3.05, 3.63) is 56.4 Å². The Kier molecular flexibility index (Phi) is 4.31. The van der Waals surface area contributed by atoms with Gasteiger partial charge in [0, 0.05) is 17.5 Å². The molecule has 2 rings (SSSR count). The van der Waals surface area contributed by atoms with Gasteiger partial charge in [0.2, 0.25) is 0 Å². The molecule has 90 valence electrons. The first-order chi connectivity index (χ1) is 8.15. The fourth-order valence-corrected chi connectivity index (χ4v) is 2.99. The van der Waals surface area contributed by atoms with Crippen molar-refractivity contribution < 1.29 is 4.39 Å². The molecular formula is C13H13BrFNS. The van der Waals surface area contributed by atoms with Crippen LogP contribution in [0.3, 0.4) is 0 Å². The maximum Gasteiger partial charge on any atom is 0.123 e. The van der Waals surface area contributed by atoms with E-state index in [4.69, 9.17) is 0 Å². The Bertz CT molecular complexity index is 480. The Morgan fingerprint density at radius 2 is 1.94 bits per heavy atom. The third-order valence-electron chi connectivity index (χ3n) is 2.55. The summed E-state index contributed by atoms with van der Waals surface area (Å²) in [4.78, 5) is 1.29. The molecular weight excluding hydrogens is 301 g/mol. The maximum atomic E-state index is 12.7. The molecule has 2 aromatic rings. The zero-order valence-corrected chi connectivity index (χ0v) is 11.8. The fourth-order valence-electron chi connectivity index (χ4n) is 1.53. The van der Waals surface area contributed by atoms with Gasteiger partial charge in [0.25, 0.3) is 0 Å². The molecule has 0 saturated carbocycles. The van der Waals surface area contributed by atoms with Crippen molar-refractivity contribution in [1.82, 2.24) is 5.32 Å². The van der Waals surface area contributed by atoms with Crippen LogP contribution in [0.2, 0.25) is 0 Å². The molecule has 1 unspecified atom stereocenters. The summed E-state index contributed by atoms with van der Waals surface area (Å²) in [7, 11) is 0. The highest BCUT2D eigenvalue weighted by atomic mass is 79.9. The maximum absolute atomic E-state index is 12.7. The van der Waals surface area contributed by atoms with Gasteiger partial charge in [0.05, 0.1) is 3.79 Å². The number of benzene rings is 1. The highest BCUT2D eigenvalue weighted by Crippen LogP contribution is 2.27. The molecule has 17 heavy (non-hydrogen) atoms. The zero-order chi connectivity index (χ0) is 12.3. The molecule has 1 nitrogen and oxygen atoms in total. The van der Waals surface area contributed by atoms with E-state index >= 15 is 0 Å². The van der Waals surface area contributed by atoms with Gasteiger partial charge in [-0.1, -0.05) is 12.1 Å². The number of thiophene rings is 1. The van der Waals surface area contributed by atoms with E-state index in [0.29, 0.717) is 6.04 Å². The van der Waals surface area contributed by atoms with Crippen LogP contribution in [0.15, 0.2) is 40.2 Å². The summed E-state index contributed by atoms with van der Waals surface area (Å²) in [5, 5.41) is 3.42. The molecule has 1 aromatic heterocycles. The molecule has 0 spiro atoms. The number of rotatable bonds is 4. The summed E-state index contributed by atoms with van der Waals surface area (Å²) in [6.45, 7) is 2.87. The zero-order valence-electron chi connectivity index (χ0n) is 9.41. The van der Waals surface area contributed by atoms with Crippen molar-refractivity contribution in [2.24, 2.45) is 0 Å². The average Bonchev–Trinajstić information content (AvgIpc) is 2.75. The number of hydrogen-bond donors (Lipinski definition) is 1. The molecule has 0 radical (unpaired) electrons. The van der Waals surface area contributed by atoms with E-state index in [2.05, 4.69) is 40.3 Å². The van der Waals surface area contributed by atoms with Gasteiger partial charge in [0.1, 0.15) is 5.82 Å². The van der Waals surface area contributed by atoms with Gasteiger partial charge in [0.15, 0.2) is 0 Å². The van der Waals surface area contributed by atoms with E-state index in [1.807, 2.05) is 0 Å². The molecule has 4 heteroatoms. The Balaban J connectivity index is 1.92. The minimum atomic E-state index is -0.191. The second-order valence-electron chi connectivity index (χ2n) is 3.87. The van der Waals surface area contributed by atoms with Crippen molar-refractivity contribution in [3.8, 4) is 0 Å². The van der Waals surface area contributed by atoms with Gasteiger partial charge in [-0.2, -0.15) is 0 Å². The largest absolute Gasteiger partial charge is 0.305 e. The van der Waals surface area contributed by atoms with Crippen molar-refractivity contribution >= 4 is 27.3 Å². The quantitative estimate of drug-likeness (QED) is 0.876. The number of hydrogen-bond acceptors (Lipinski definition) is 2. The minimum absolute atomic E-state index is 0.191. The Hall–Kier alpha value is -0.710. The second kappa shape index (κ2) is 5.76. The van der Waals surface area contributed by atoms with Crippen LogP contribution in [0, 0.1) is 5.82 Å². The molecule has 0 bridgehead atoms. The Morgan fingerprint density at radius 3 is 2.53 bits per heavy atom. The number of halogens is 2. The lowest BCUT2D eigenvalue weighted by Crippen LogP contribution is -2.17. The summed E-state index contributed by atoms with van der Waals surface area (Å²) < 4.78 is 13.9. The first-order valence-corrected chi connectivity index (χ1v) is 6.99. The predicted molar refractivity (Wildman–Crippen MR) is 73.7 cm³/mol. The van der Waals surface area contributed by atoms with Crippen LogP contribution in [0.25, 0.3) is 0 Å². The van der Waals surface area contributed by atoms with Crippen molar-refractivity contribution in [2.45, 2.75) is 19.5 Å². The summed E-state index contributed by atoms with van der Waals surface area (Å²) >= 11 is 5.18. The lowest BCUT2D eigenvalue weighted by molar-refractivity contribution is 0.580. The molecule has 0 aliphatic rings. The summed E-state index contributed by atoms with van der Waals surface area (Å²) in [6.07, 6.45) is 0. The van der Waals surface area contributed by atoms with Crippen molar-refractivity contribution in [2.75, 3.05) is 0 Å². The van der Waals surface area contributed by atoms with Crippen LogP contribution in [-0.4, -0.2) is 0 Å². The van der Waals surface area contributed by atoms with Crippen LogP contribution in [-0.2, 0) is 6.54 Å². The van der Waals surface area contributed by atoms with Crippen LogP contribution >= 0.6 is 27.3 Å². The average molecular weight is 314 g/mol. The van der Waals surface area contributed by atoms with E-state index in [9.17, 15) is 4.39 Å². The molecule has 1 heterocycles. The molecule has 0 saturated heterocycles. The summed E-state index contributed by atoms with van der Waals surface area (Å²) in [6, 6.07) is 11.1. The first-order valence-electron chi connectivity index (χ1n) is 5.38. The van der Waals surface area contributed by atoms with Gasteiger partial charge in [-0.3, -0.25) is 0 Å². The molecule has 1 aromatic carbocycles. The molecule has 0 fully saturated rings. The highest BCUT2D eigenvalue weighted by Gasteiger charge is 2.07. The fraction of sp³-hybridized carbons (Fsp3) is 0.231. The highest BCUT2D eigenvalue weighted by molar-refractivity contribution is 9.11. The SMILES string of the molecule is CC(NCc1ccc(F)cc1)c1ccc(Br)s1. The topological polar surface area (TPSA) is 12.0 Å². The van der Waals surface area contributed by atoms with Crippen LogP contribution < -0.4 is 5.32 Å². The molecule has 0 amide bonds.